The molecule has 1 aliphatic rings. The van der Waals surface area contributed by atoms with E-state index in [1.54, 1.807) is 6.20 Å². The number of fused-ring (bicyclic) bond motifs is 1. The monoisotopic (exact) mass is 270 g/mol. The molecule has 0 aliphatic carbocycles. The lowest BCUT2D eigenvalue weighted by atomic mass is 10.1. The fourth-order valence-corrected chi connectivity index (χ4v) is 2.20. The molecule has 0 amide bonds. The molecule has 0 saturated carbocycles. The highest BCUT2D eigenvalue weighted by molar-refractivity contribution is 5.76. The highest BCUT2D eigenvalue weighted by atomic mass is 16.5. The van der Waals surface area contributed by atoms with E-state index in [1.165, 1.54) is 0 Å². The van der Waals surface area contributed by atoms with Gasteiger partial charge in [0, 0.05) is 17.7 Å². The van der Waals surface area contributed by atoms with Crippen molar-refractivity contribution in [2.24, 2.45) is 5.92 Å². The number of anilines is 1. The zero-order valence-electron chi connectivity index (χ0n) is 11.7. The lowest BCUT2D eigenvalue weighted by molar-refractivity contribution is 0.228. The Morgan fingerprint density at radius 1 is 1.15 bits per heavy atom. The lowest BCUT2D eigenvalue weighted by Gasteiger charge is -2.11. The number of rotatable bonds is 1. The van der Waals surface area contributed by atoms with Crippen molar-refractivity contribution in [3.8, 4) is 22.8 Å². The quantitative estimate of drug-likeness (QED) is 0.865. The number of nitrogen functional groups attached to an aromatic ring is 1. The molecule has 20 heavy (non-hydrogen) atoms. The molecule has 4 nitrogen and oxygen atoms in total. The Balaban J connectivity index is 2.02. The summed E-state index contributed by atoms with van der Waals surface area (Å²) in [5.74, 6) is 1.92. The topological polar surface area (TPSA) is 57.4 Å². The Morgan fingerprint density at radius 2 is 1.90 bits per heavy atom. The molecule has 3 rings (SSSR count). The summed E-state index contributed by atoms with van der Waals surface area (Å²) in [5.41, 5.74) is 9.57. The summed E-state index contributed by atoms with van der Waals surface area (Å²) >= 11 is 0. The van der Waals surface area contributed by atoms with E-state index in [1.807, 2.05) is 31.2 Å². The first-order valence-electron chi connectivity index (χ1n) is 6.76. The van der Waals surface area contributed by atoms with Crippen LogP contribution in [0.1, 0.15) is 12.5 Å². The Morgan fingerprint density at radius 3 is 2.70 bits per heavy atom. The Kier molecular flexibility index (Phi) is 3.22. The maximum absolute atomic E-state index is 6.11. The van der Waals surface area contributed by atoms with Gasteiger partial charge in [-0.25, -0.2) is 0 Å². The molecule has 0 spiro atoms. The minimum absolute atomic E-state index is 0.382. The highest BCUT2D eigenvalue weighted by Crippen LogP contribution is 2.36. The van der Waals surface area contributed by atoms with Gasteiger partial charge in [-0.1, -0.05) is 6.92 Å². The van der Waals surface area contributed by atoms with Crippen LogP contribution in [0.3, 0.4) is 0 Å². The van der Waals surface area contributed by atoms with Crippen LogP contribution in [0.15, 0.2) is 30.5 Å². The standard InChI is InChI=1S/C16H18N2O2/c1-10-8-19-13-4-3-12(7-14(13)20-9-10)16-15(17)11(2)5-6-18-16/h3-7,10H,8-9,17H2,1-2H3. The van der Waals surface area contributed by atoms with E-state index in [4.69, 9.17) is 15.2 Å². The first-order chi connectivity index (χ1) is 9.65. The first kappa shape index (κ1) is 12.8. The van der Waals surface area contributed by atoms with Gasteiger partial charge in [0.25, 0.3) is 0 Å². The summed E-state index contributed by atoms with van der Waals surface area (Å²) in [7, 11) is 0. The van der Waals surface area contributed by atoms with Crippen LogP contribution in [0, 0.1) is 12.8 Å². The maximum atomic E-state index is 6.11. The van der Waals surface area contributed by atoms with Crippen molar-refractivity contribution >= 4 is 5.69 Å². The molecule has 2 N–H and O–H groups in total. The van der Waals surface area contributed by atoms with Crippen molar-refractivity contribution < 1.29 is 9.47 Å². The molecule has 4 heteroatoms. The van der Waals surface area contributed by atoms with Crippen LogP contribution in [0.2, 0.25) is 0 Å². The lowest BCUT2D eigenvalue weighted by Crippen LogP contribution is -2.12. The van der Waals surface area contributed by atoms with Crippen LogP contribution in [0.4, 0.5) is 5.69 Å². The Labute approximate surface area is 118 Å². The highest BCUT2D eigenvalue weighted by Gasteiger charge is 2.16. The van der Waals surface area contributed by atoms with Crippen molar-refractivity contribution in [3.63, 3.8) is 0 Å². The second-order valence-corrected chi connectivity index (χ2v) is 5.28. The molecule has 1 unspecified atom stereocenters. The van der Waals surface area contributed by atoms with E-state index >= 15 is 0 Å². The molecular weight excluding hydrogens is 252 g/mol. The van der Waals surface area contributed by atoms with E-state index in [0.717, 1.165) is 28.3 Å². The number of ether oxygens (including phenoxy) is 2. The molecule has 2 aromatic rings. The van der Waals surface area contributed by atoms with Gasteiger partial charge in [0.05, 0.1) is 24.6 Å². The molecule has 0 bridgehead atoms. The van der Waals surface area contributed by atoms with Crippen molar-refractivity contribution in [2.45, 2.75) is 13.8 Å². The van der Waals surface area contributed by atoms with Gasteiger partial charge in [0.2, 0.25) is 0 Å². The predicted octanol–water partition coefficient (Wildman–Crippen LogP) is 3.05. The van der Waals surface area contributed by atoms with Gasteiger partial charge >= 0.3 is 0 Å². The summed E-state index contributed by atoms with van der Waals surface area (Å²) in [6, 6.07) is 7.75. The number of nitrogens with two attached hydrogens (primary N) is 1. The van der Waals surface area contributed by atoms with Crippen LogP contribution in [-0.2, 0) is 0 Å². The van der Waals surface area contributed by atoms with Gasteiger partial charge in [-0.05, 0) is 36.8 Å². The number of aromatic nitrogens is 1. The zero-order valence-corrected chi connectivity index (χ0v) is 11.7. The molecule has 104 valence electrons. The number of nitrogens with zero attached hydrogens (tertiary/aromatic N) is 1. The predicted molar refractivity (Wildman–Crippen MR) is 79.0 cm³/mol. The summed E-state index contributed by atoms with van der Waals surface area (Å²) in [6.07, 6.45) is 1.77. The summed E-state index contributed by atoms with van der Waals surface area (Å²) < 4.78 is 11.5. The molecule has 0 radical (unpaired) electrons. The third-order valence-corrected chi connectivity index (χ3v) is 3.47. The molecule has 1 atom stereocenters. The molecule has 1 aromatic carbocycles. The summed E-state index contributed by atoms with van der Waals surface area (Å²) in [5, 5.41) is 0. The van der Waals surface area contributed by atoms with Crippen LogP contribution < -0.4 is 15.2 Å². The second kappa shape index (κ2) is 5.04. The number of hydrogen-bond donors (Lipinski definition) is 1. The number of hydrogen-bond acceptors (Lipinski definition) is 4. The van der Waals surface area contributed by atoms with Gasteiger partial charge < -0.3 is 15.2 Å². The van der Waals surface area contributed by atoms with E-state index in [2.05, 4.69) is 11.9 Å². The third-order valence-electron chi connectivity index (χ3n) is 3.47. The van der Waals surface area contributed by atoms with Crippen LogP contribution in [0.25, 0.3) is 11.3 Å². The minimum atomic E-state index is 0.382. The number of pyridine rings is 1. The SMILES string of the molecule is Cc1ccnc(-c2ccc3c(c2)OCC(C)CO3)c1N. The minimum Gasteiger partial charge on any atom is -0.489 e. The van der Waals surface area contributed by atoms with E-state index in [-0.39, 0.29) is 0 Å². The van der Waals surface area contributed by atoms with E-state index in [9.17, 15) is 0 Å². The van der Waals surface area contributed by atoms with Crippen molar-refractivity contribution in [1.82, 2.24) is 4.98 Å². The van der Waals surface area contributed by atoms with Crippen LogP contribution in [-0.4, -0.2) is 18.2 Å². The fraction of sp³-hybridized carbons (Fsp3) is 0.312. The third kappa shape index (κ3) is 2.29. The molecular formula is C16H18N2O2. The maximum Gasteiger partial charge on any atom is 0.161 e. The largest absolute Gasteiger partial charge is 0.489 e. The van der Waals surface area contributed by atoms with Crippen LogP contribution >= 0.6 is 0 Å². The van der Waals surface area contributed by atoms with Gasteiger partial charge in [0.15, 0.2) is 11.5 Å². The van der Waals surface area contributed by atoms with E-state index in [0.29, 0.717) is 24.8 Å². The van der Waals surface area contributed by atoms with Gasteiger partial charge in [0.1, 0.15) is 0 Å². The number of benzene rings is 1. The van der Waals surface area contributed by atoms with Crippen molar-refractivity contribution in [3.05, 3.63) is 36.0 Å². The zero-order chi connectivity index (χ0) is 14.1. The first-order valence-corrected chi connectivity index (χ1v) is 6.76. The molecule has 1 aliphatic heterocycles. The van der Waals surface area contributed by atoms with Crippen LogP contribution in [0.5, 0.6) is 11.5 Å². The molecule has 0 fully saturated rings. The average molecular weight is 270 g/mol. The summed E-state index contributed by atoms with van der Waals surface area (Å²) in [4.78, 5) is 4.38. The molecule has 2 heterocycles. The second-order valence-electron chi connectivity index (χ2n) is 5.28. The normalized spacial score (nSPS) is 17.6. The fourth-order valence-electron chi connectivity index (χ4n) is 2.20. The smallest absolute Gasteiger partial charge is 0.161 e. The summed E-state index contributed by atoms with van der Waals surface area (Å²) in [6.45, 7) is 5.42. The van der Waals surface area contributed by atoms with Crippen molar-refractivity contribution in [1.29, 1.82) is 0 Å². The van der Waals surface area contributed by atoms with Gasteiger partial charge in [-0.2, -0.15) is 0 Å². The molecule has 0 saturated heterocycles. The van der Waals surface area contributed by atoms with Gasteiger partial charge in [-0.3, -0.25) is 4.98 Å². The van der Waals surface area contributed by atoms with Gasteiger partial charge in [-0.15, -0.1) is 0 Å². The van der Waals surface area contributed by atoms with E-state index < -0.39 is 0 Å². The average Bonchev–Trinajstić information content (AvgIpc) is 2.64. The van der Waals surface area contributed by atoms with Crippen molar-refractivity contribution in [2.75, 3.05) is 18.9 Å². The number of aryl methyl sites for hydroxylation is 1. The Bertz CT molecular complexity index is 640. The molecule has 1 aromatic heterocycles. The Hall–Kier alpha value is -2.23.